The van der Waals surface area contributed by atoms with Gasteiger partial charge in [-0.25, -0.2) is 0 Å². The first-order valence-electron chi connectivity index (χ1n) is 9.00. The fraction of sp³-hybridized carbons (Fsp3) is 0.217. The van der Waals surface area contributed by atoms with Crippen LogP contribution in [-0.4, -0.2) is 12.7 Å². The largest absolute Gasteiger partial charge is 0.563 e. The van der Waals surface area contributed by atoms with Gasteiger partial charge < -0.3 is 9.31 Å². The van der Waals surface area contributed by atoms with Crippen LogP contribution < -0.4 is 5.46 Å². The zero-order valence-electron chi connectivity index (χ0n) is 15.8. The summed E-state index contributed by atoms with van der Waals surface area (Å²) in [5.74, 6) is 0.672. The van der Waals surface area contributed by atoms with E-state index in [1.54, 1.807) is 0 Å². The summed E-state index contributed by atoms with van der Waals surface area (Å²) < 4.78 is 12.1. The Morgan fingerprint density at radius 1 is 0.846 bits per heavy atom. The van der Waals surface area contributed by atoms with Gasteiger partial charge in [-0.2, -0.15) is 0 Å². The van der Waals surface area contributed by atoms with E-state index in [1.165, 1.54) is 27.6 Å². The molecule has 0 radical (unpaired) electrons. The first-order valence-corrected chi connectivity index (χ1v) is 9.00. The van der Waals surface area contributed by atoms with E-state index in [4.69, 9.17) is 9.31 Å². The highest BCUT2D eigenvalue weighted by Crippen LogP contribution is 2.35. The Balaban J connectivity index is 1.92. The van der Waals surface area contributed by atoms with Gasteiger partial charge in [0.2, 0.25) is 0 Å². The maximum Gasteiger partial charge on any atom is 0.563 e. The van der Waals surface area contributed by atoms with Crippen molar-refractivity contribution in [3.63, 3.8) is 0 Å². The summed E-state index contributed by atoms with van der Waals surface area (Å²) in [5.41, 5.74) is 5.68. The second kappa shape index (κ2) is 6.03. The molecule has 0 aromatic heterocycles. The van der Waals surface area contributed by atoms with Crippen molar-refractivity contribution in [1.29, 1.82) is 0 Å². The van der Waals surface area contributed by atoms with Crippen LogP contribution in [0.25, 0.3) is 21.9 Å². The molecule has 0 amide bonds. The molecule has 3 aromatic rings. The summed E-state index contributed by atoms with van der Waals surface area (Å²) in [4.78, 5) is 0. The van der Waals surface area contributed by atoms with Crippen LogP contribution in [0.5, 0.6) is 0 Å². The molecule has 0 bridgehead atoms. The molecule has 1 aliphatic rings. The summed E-state index contributed by atoms with van der Waals surface area (Å²) in [6.45, 7) is 12.3. The van der Waals surface area contributed by atoms with Crippen LogP contribution in [0.4, 0.5) is 0 Å². The number of benzene rings is 3. The summed E-state index contributed by atoms with van der Waals surface area (Å²) in [7, 11) is -0.422. The molecule has 0 saturated carbocycles. The third-order valence-corrected chi connectivity index (χ3v) is 5.28. The van der Waals surface area contributed by atoms with Crippen LogP contribution >= 0.6 is 0 Å². The van der Waals surface area contributed by atoms with Crippen LogP contribution in [0.1, 0.15) is 25.0 Å². The maximum absolute atomic E-state index is 6.13. The normalized spacial score (nSPS) is 16.2. The molecule has 0 atom stereocenters. The lowest BCUT2D eigenvalue weighted by molar-refractivity contribution is 0.173. The van der Waals surface area contributed by atoms with Gasteiger partial charge in [-0.1, -0.05) is 61.2 Å². The lowest BCUT2D eigenvalue weighted by atomic mass is 9.74. The number of fused-ring (bicyclic) bond motifs is 1. The van der Waals surface area contributed by atoms with Crippen LogP contribution in [0.15, 0.2) is 66.9 Å². The van der Waals surface area contributed by atoms with E-state index in [-0.39, 0.29) is 0 Å². The smallest absolute Gasteiger partial charge is 0.534 e. The third kappa shape index (κ3) is 2.64. The van der Waals surface area contributed by atoms with Crippen LogP contribution in [-0.2, 0) is 9.31 Å². The first kappa shape index (κ1) is 16.9. The summed E-state index contributed by atoms with van der Waals surface area (Å²) >= 11 is 0. The van der Waals surface area contributed by atoms with Gasteiger partial charge in [0, 0.05) is 5.46 Å². The zero-order valence-corrected chi connectivity index (χ0v) is 15.8. The van der Waals surface area contributed by atoms with Crippen LogP contribution in [0, 0.1) is 13.8 Å². The standard InChI is InChI=1S/C23H23BO2/c1-15-9-8-10-16(2)22(15)20-13-14-21(19-12-7-6-11-18(19)20)24-25-17(3)23(4,5)26-24/h6-14H,3H2,1-2,4-5H3. The molecule has 26 heavy (non-hydrogen) atoms. The average molecular weight is 342 g/mol. The van der Waals surface area contributed by atoms with Gasteiger partial charge in [0.05, 0.1) is 5.76 Å². The van der Waals surface area contributed by atoms with Crippen molar-refractivity contribution in [2.24, 2.45) is 0 Å². The maximum atomic E-state index is 6.13. The van der Waals surface area contributed by atoms with E-state index in [9.17, 15) is 0 Å². The summed E-state index contributed by atoms with van der Waals surface area (Å²) in [5, 5.41) is 2.37. The lowest BCUT2D eigenvalue weighted by Gasteiger charge is -2.17. The molecule has 1 fully saturated rings. The van der Waals surface area contributed by atoms with Gasteiger partial charge in [-0.05, 0) is 60.7 Å². The number of hydrogen-bond donors (Lipinski definition) is 0. The van der Waals surface area contributed by atoms with Crippen LogP contribution in [0.2, 0.25) is 0 Å². The van der Waals surface area contributed by atoms with Crippen molar-refractivity contribution in [2.75, 3.05) is 0 Å². The molecule has 1 heterocycles. The molecule has 130 valence electrons. The fourth-order valence-electron chi connectivity index (χ4n) is 3.74. The van der Waals surface area contributed by atoms with Gasteiger partial charge in [0.25, 0.3) is 0 Å². The van der Waals surface area contributed by atoms with E-state index in [1.807, 2.05) is 13.8 Å². The summed E-state index contributed by atoms with van der Waals surface area (Å²) in [6, 6.07) is 19.2. The molecule has 3 aromatic carbocycles. The van der Waals surface area contributed by atoms with E-state index < -0.39 is 12.7 Å². The Morgan fingerprint density at radius 2 is 1.50 bits per heavy atom. The Kier molecular flexibility index (Phi) is 3.93. The fourth-order valence-corrected chi connectivity index (χ4v) is 3.74. The number of hydrogen-bond acceptors (Lipinski definition) is 2. The van der Waals surface area contributed by atoms with Crippen molar-refractivity contribution < 1.29 is 9.31 Å². The van der Waals surface area contributed by atoms with Crippen LogP contribution in [0.3, 0.4) is 0 Å². The Hall–Kier alpha value is -2.52. The second-order valence-electron chi connectivity index (χ2n) is 7.52. The van der Waals surface area contributed by atoms with Crippen molar-refractivity contribution in [3.8, 4) is 11.1 Å². The molecule has 0 N–H and O–H groups in total. The lowest BCUT2D eigenvalue weighted by Crippen LogP contribution is -2.35. The Morgan fingerprint density at radius 3 is 2.12 bits per heavy atom. The third-order valence-electron chi connectivity index (χ3n) is 5.28. The second-order valence-corrected chi connectivity index (χ2v) is 7.52. The molecule has 1 saturated heterocycles. The number of aryl methyl sites for hydroxylation is 2. The monoisotopic (exact) mass is 342 g/mol. The molecule has 0 unspecified atom stereocenters. The minimum absolute atomic E-state index is 0.422. The van der Waals surface area contributed by atoms with E-state index >= 15 is 0 Å². The highest BCUT2D eigenvalue weighted by Gasteiger charge is 2.43. The quantitative estimate of drug-likeness (QED) is 0.599. The van der Waals surface area contributed by atoms with Gasteiger partial charge in [-0.15, -0.1) is 0 Å². The first-order chi connectivity index (χ1) is 12.4. The minimum Gasteiger partial charge on any atom is -0.534 e. The predicted molar refractivity (Wildman–Crippen MR) is 110 cm³/mol. The highest BCUT2D eigenvalue weighted by molar-refractivity contribution is 6.65. The van der Waals surface area contributed by atoms with Gasteiger partial charge in [-0.3, -0.25) is 0 Å². The SMILES string of the molecule is C=C1OB(c2ccc(-c3c(C)cccc3C)c3ccccc23)OC1(C)C. The van der Waals surface area contributed by atoms with Gasteiger partial charge in [0.1, 0.15) is 5.60 Å². The van der Waals surface area contributed by atoms with Crippen molar-refractivity contribution >= 4 is 23.4 Å². The van der Waals surface area contributed by atoms with Crippen molar-refractivity contribution in [1.82, 2.24) is 0 Å². The topological polar surface area (TPSA) is 18.5 Å². The molecule has 4 rings (SSSR count). The molecular weight excluding hydrogens is 319 g/mol. The molecule has 0 spiro atoms. The molecule has 0 aliphatic carbocycles. The van der Waals surface area contributed by atoms with Crippen molar-refractivity contribution in [3.05, 3.63) is 78.1 Å². The predicted octanol–water partition coefficient (Wildman–Crippen LogP) is 5.16. The molecular formula is C23H23BO2. The Bertz CT molecular complexity index is 1000. The molecule has 3 heteroatoms. The van der Waals surface area contributed by atoms with E-state index in [2.05, 4.69) is 75.0 Å². The van der Waals surface area contributed by atoms with E-state index in [0.29, 0.717) is 5.76 Å². The molecule has 2 nitrogen and oxygen atoms in total. The Labute approximate surface area is 155 Å². The van der Waals surface area contributed by atoms with Gasteiger partial charge >= 0.3 is 7.12 Å². The highest BCUT2D eigenvalue weighted by atomic mass is 16.7. The number of rotatable bonds is 2. The molecule has 1 aliphatic heterocycles. The minimum atomic E-state index is -0.475. The van der Waals surface area contributed by atoms with E-state index in [0.717, 1.165) is 10.8 Å². The average Bonchev–Trinajstić information content (AvgIpc) is 2.87. The van der Waals surface area contributed by atoms with Crippen molar-refractivity contribution in [2.45, 2.75) is 33.3 Å². The zero-order chi connectivity index (χ0) is 18.5. The van der Waals surface area contributed by atoms with Gasteiger partial charge in [0.15, 0.2) is 0 Å². The summed E-state index contributed by atoms with van der Waals surface area (Å²) in [6.07, 6.45) is 0.